The number of nitrogens with zero attached hydrogens (tertiary/aromatic N) is 3. The van der Waals surface area contributed by atoms with Gasteiger partial charge in [-0.15, -0.1) is 0 Å². The quantitative estimate of drug-likeness (QED) is 0.785. The fourth-order valence-electron chi connectivity index (χ4n) is 3.07. The lowest BCUT2D eigenvalue weighted by molar-refractivity contribution is 0.102. The molecule has 1 aromatic carbocycles. The topological polar surface area (TPSA) is 67.3 Å². The van der Waals surface area contributed by atoms with Crippen LogP contribution in [-0.2, 0) is 13.1 Å². The lowest BCUT2D eigenvalue weighted by Gasteiger charge is -2.16. The highest BCUT2D eigenvalue weighted by Gasteiger charge is 2.23. The summed E-state index contributed by atoms with van der Waals surface area (Å²) in [5.41, 5.74) is 3.62. The molecule has 1 amide bonds. The maximum atomic E-state index is 12.5. The highest BCUT2D eigenvalue weighted by atomic mass is 16.5. The number of benzene rings is 1. The van der Waals surface area contributed by atoms with Gasteiger partial charge in [-0.05, 0) is 35.4 Å². The molecule has 3 heterocycles. The molecule has 0 radical (unpaired) electrons. The minimum atomic E-state index is -0.190. The van der Waals surface area contributed by atoms with Gasteiger partial charge in [-0.2, -0.15) is 0 Å². The fraction of sp³-hybridized carbons (Fsp3) is 0.150. The molecule has 0 unspecified atom stereocenters. The summed E-state index contributed by atoms with van der Waals surface area (Å²) in [6, 6.07) is 15.2. The zero-order chi connectivity index (χ0) is 17.9. The number of pyridine rings is 2. The first-order valence-electron chi connectivity index (χ1n) is 8.33. The molecule has 0 saturated heterocycles. The lowest BCUT2D eigenvalue weighted by atomic mass is 10.1. The molecule has 0 atom stereocenters. The third-order valence-corrected chi connectivity index (χ3v) is 4.41. The first kappa shape index (κ1) is 16.1. The van der Waals surface area contributed by atoms with Gasteiger partial charge >= 0.3 is 0 Å². The summed E-state index contributed by atoms with van der Waals surface area (Å²) in [5, 5.41) is 3.00. The van der Waals surface area contributed by atoms with Crippen LogP contribution in [0.2, 0.25) is 0 Å². The molecule has 6 heteroatoms. The van der Waals surface area contributed by atoms with Crippen LogP contribution in [0.5, 0.6) is 5.88 Å². The number of carbonyl (C=O) groups is 1. The van der Waals surface area contributed by atoms with Crippen LogP contribution in [0, 0.1) is 0 Å². The van der Waals surface area contributed by atoms with E-state index in [1.54, 1.807) is 25.4 Å². The van der Waals surface area contributed by atoms with Crippen molar-refractivity contribution in [2.24, 2.45) is 0 Å². The Morgan fingerprint density at radius 3 is 2.73 bits per heavy atom. The molecule has 0 saturated carbocycles. The Bertz CT molecular complexity index is 926. The Morgan fingerprint density at radius 1 is 1.08 bits per heavy atom. The van der Waals surface area contributed by atoms with Crippen molar-refractivity contribution in [3.8, 4) is 5.88 Å². The van der Waals surface area contributed by atoms with Gasteiger partial charge in [0, 0.05) is 37.2 Å². The monoisotopic (exact) mass is 346 g/mol. The second kappa shape index (κ2) is 6.84. The van der Waals surface area contributed by atoms with Crippen molar-refractivity contribution >= 4 is 17.4 Å². The normalized spacial score (nSPS) is 12.6. The van der Waals surface area contributed by atoms with E-state index in [9.17, 15) is 4.79 Å². The number of rotatable bonds is 4. The van der Waals surface area contributed by atoms with E-state index in [2.05, 4.69) is 26.3 Å². The minimum absolute atomic E-state index is 0.190. The number of fused-ring (bicyclic) bond motifs is 1. The number of ether oxygens (including phenoxy) is 1. The van der Waals surface area contributed by atoms with Crippen LogP contribution >= 0.6 is 0 Å². The van der Waals surface area contributed by atoms with Gasteiger partial charge in [-0.1, -0.05) is 18.2 Å². The van der Waals surface area contributed by atoms with Gasteiger partial charge in [0.25, 0.3) is 5.91 Å². The van der Waals surface area contributed by atoms with Crippen LogP contribution in [0.1, 0.15) is 21.5 Å². The molecule has 0 bridgehead atoms. The number of aromatic nitrogens is 2. The maximum absolute atomic E-state index is 12.5. The number of hydrogen-bond donors (Lipinski definition) is 1. The van der Waals surface area contributed by atoms with Crippen molar-refractivity contribution in [2.45, 2.75) is 13.1 Å². The van der Waals surface area contributed by atoms with E-state index in [4.69, 9.17) is 4.74 Å². The summed E-state index contributed by atoms with van der Waals surface area (Å²) >= 11 is 0. The van der Waals surface area contributed by atoms with Gasteiger partial charge < -0.3 is 15.0 Å². The molecule has 1 N–H and O–H groups in total. The van der Waals surface area contributed by atoms with Gasteiger partial charge in [-0.25, -0.2) is 9.97 Å². The van der Waals surface area contributed by atoms with Gasteiger partial charge in [0.2, 0.25) is 5.88 Å². The maximum Gasteiger partial charge on any atom is 0.257 e. The lowest BCUT2D eigenvalue weighted by Crippen LogP contribution is -2.16. The van der Waals surface area contributed by atoms with E-state index in [0.29, 0.717) is 18.0 Å². The Kier molecular flexibility index (Phi) is 4.23. The molecule has 6 nitrogen and oxygen atoms in total. The van der Waals surface area contributed by atoms with E-state index in [1.807, 2.05) is 30.3 Å². The minimum Gasteiger partial charge on any atom is -0.481 e. The van der Waals surface area contributed by atoms with Gasteiger partial charge in [0.15, 0.2) is 0 Å². The Morgan fingerprint density at radius 2 is 2.00 bits per heavy atom. The smallest absolute Gasteiger partial charge is 0.257 e. The van der Waals surface area contributed by atoms with Crippen LogP contribution < -0.4 is 15.0 Å². The van der Waals surface area contributed by atoms with E-state index in [-0.39, 0.29) is 5.91 Å². The van der Waals surface area contributed by atoms with Crippen LogP contribution in [-0.4, -0.2) is 23.0 Å². The number of nitrogens with one attached hydrogen (secondary N) is 1. The van der Waals surface area contributed by atoms with Crippen LogP contribution in [0.15, 0.2) is 60.9 Å². The molecular formula is C20H18N4O2. The van der Waals surface area contributed by atoms with Crippen molar-refractivity contribution in [2.75, 3.05) is 17.3 Å². The van der Waals surface area contributed by atoms with Crippen LogP contribution in [0.3, 0.4) is 0 Å². The number of anilines is 2. The third kappa shape index (κ3) is 3.09. The van der Waals surface area contributed by atoms with Crippen LogP contribution in [0.25, 0.3) is 0 Å². The second-order valence-electron chi connectivity index (χ2n) is 6.03. The molecule has 0 fully saturated rings. The second-order valence-corrected chi connectivity index (χ2v) is 6.03. The molecule has 2 aromatic heterocycles. The third-order valence-electron chi connectivity index (χ3n) is 4.41. The van der Waals surface area contributed by atoms with E-state index >= 15 is 0 Å². The first-order chi connectivity index (χ1) is 12.7. The Labute approximate surface area is 151 Å². The number of methoxy groups -OCH3 is 1. The standard InChI is InChI=1S/C20H18N4O2/c1-26-19-9-8-14(11-22-19)20(25)23-17-6-4-5-15-12-24(13-16(15)17)18-7-2-3-10-21-18/h2-11H,12-13H2,1H3,(H,23,25). The van der Waals surface area contributed by atoms with Crippen molar-refractivity contribution in [3.05, 3.63) is 77.6 Å². The van der Waals surface area contributed by atoms with Crippen molar-refractivity contribution in [1.82, 2.24) is 9.97 Å². The molecule has 1 aliphatic rings. The van der Waals surface area contributed by atoms with Crippen molar-refractivity contribution in [1.29, 1.82) is 0 Å². The summed E-state index contributed by atoms with van der Waals surface area (Å²) in [7, 11) is 1.54. The predicted molar refractivity (Wildman–Crippen MR) is 99.3 cm³/mol. The average molecular weight is 346 g/mol. The van der Waals surface area contributed by atoms with Crippen LogP contribution in [0.4, 0.5) is 11.5 Å². The SMILES string of the molecule is COc1ccc(C(=O)Nc2cccc3c2CN(c2ccccn2)C3)cn1. The summed E-state index contributed by atoms with van der Waals surface area (Å²) < 4.78 is 5.03. The molecule has 26 heavy (non-hydrogen) atoms. The molecule has 0 aliphatic carbocycles. The van der Waals surface area contributed by atoms with Gasteiger partial charge in [-0.3, -0.25) is 4.79 Å². The number of carbonyl (C=O) groups excluding carboxylic acids is 1. The van der Waals surface area contributed by atoms with E-state index < -0.39 is 0 Å². The number of hydrogen-bond acceptors (Lipinski definition) is 5. The first-order valence-corrected chi connectivity index (χ1v) is 8.33. The fourth-order valence-corrected chi connectivity index (χ4v) is 3.07. The average Bonchev–Trinajstić information content (AvgIpc) is 3.14. The highest BCUT2D eigenvalue weighted by molar-refractivity contribution is 6.04. The Hall–Kier alpha value is -3.41. The zero-order valence-corrected chi connectivity index (χ0v) is 14.3. The molecule has 3 aromatic rings. The van der Waals surface area contributed by atoms with Gasteiger partial charge in [0.1, 0.15) is 5.82 Å². The number of amides is 1. The predicted octanol–water partition coefficient (Wildman–Crippen LogP) is 3.26. The van der Waals surface area contributed by atoms with E-state index in [0.717, 1.165) is 23.6 Å². The summed E-state index contributed by atoms with van der Waals surface area (Å²) in [4.78, 5) is 23.2. The Balaban J connectivity index is 1.54. The molecular weight excluding hydrogens is 328 g/mol. The van der Waals surface area contributed by atoms with E-state index in [1.165, 1.54) is 11.8 Å². The van der Waals surface area contributed by atoms with Gasteiger partial charge in [0.05, 0.1) is 12.7 Å². The summed E-state index contributed by atoms with van der Waals surface area (Å²) in [6.45, 7) is 1.49. The van der Waals surface area contributed by atoms with Crippen molar-refractivity contribution in [3.63, 3.8) is 0 Å². The highest BCUT2D eigenvalue weighted by Crippen LogP contribution is 2.32. The van der Waals surface area contributed by atoms with Crippen molar-refractivity contribution < 1.29 is 9.53 Å². The largest absolute Gasteiger partial charge is 0.481 e. The molecule has 1 aliphatic heterocycles. The molecule has 4 rings (SSSR count). The summed E-state index contributed by atoms with van der Waals surface area (Å²) in [6.07, 6.45) is 3.30. The summed E-state index contributed by atoms with van der Waals surface area (Å²) in [5.74, 6) is 1.22. The molecule has 0 spiro atoms. The molecule has 130 valence electrons. The zero-order valence-electron chi connectivity index (χ0n) is 14.3.